The first-order valence-corrected chi connectivity index (χ1v) is 7.01. The van der Waals surface area contributed by atoms with Gasteiger partial charge in [0.15, 0.2) is 0 Å². The van der Waals surface area contributed by atoms with Crippen molar-refractivity contribution in [3.8, 4) is 5.75 Å². The van der Waals surface area contributed by atoms with Crippen molar-refractivity contribution < 1.29 is 14.6 Å². The second kappa shape index (κ2) is 5.00. The number of carbonyl (C=O) groups is 1. The summed E-state index contributed by atoms with van der Waals surface area (Å²) in [5.74, 6) is 0.359. The summed E-state index contributed by atoms with van der Waals surface area (Å²) in [5.41, 5.74) is 2.34. The van der Waals surface area contributed by atoms with Crippen molar-refractivity contribution >= 4 is 6.09 Å². The van der Waals surface area contributed by atoms with Gasteiger partial charge in [-0.1, -0.05) is 12.1 Å². The number of carbonyl (C=O) groups excluding carboxylic acids is 1. The number of rotatable bonds is 0. The van der Waals surface area contributed by atoms with Crippen LogP contribution in [-0.2, 0) is 11.2 Å². The van der Waals surface area contributed by atoms with Crippen LogP contribution in [0.4, 0.5) is 4.79 Å². The molecule has 2 rings (SSSR count). The van der Waals surface area contributed by atoms with Gasteiger partial charge in [0.25, 0.3) is 0 Å². The highest BCUT2D eigenvalue weighted by molar-refractivity contribution is 5.70. The van der Waals surface area contributed by atoms with Crippen LogP contribution in [0.5, 0.6) is 5.75 Å². The number of amides is 1. The molecule has 0 aliphatic carbocycles. The molecule has 0 saturated carbocycles. The molecule has 0 saturated heterocycles. The maximum absolute atomic E-state index is 12.2. The molecule has 0 aromatic heterocycles. The van der Waals surface area contributed by atoms with E-state index in [1.54, 1.807) is 4.90 Å². The van der Waals surface area contributed by atoms with Gasteiger partial charge in [-0.15, -0.1) is 0 Å². The predicted octanol–water partition coefficient (Wildman–Crippen LogP) is 3.55. The Labute approximate surface area is 120 Å². The number of phenolic OH excluding ortho intramolecular Hbond substituents is 1. The van der Waals surface area contributed by atoms with Gasteiger partial charge in [-0.25, -0.2) is 4.79 Å². The van der Waals surface area contributed by atoms with Crippen molar-refractivity contribution in [2.45, 2.75) is 52.7 Å². The maximum atomic E-state index is 12.2. The monoisotopic (exact) mass is 277 g/mol. The molecule has 0 bridgehead atoms. The van der Waals surface area contributed by atoms with Gasteiger partial charge in [0.1, 0.15) is 11.4 Å². The zero-order chi connectivity index (χ0) is 15.1. The van der Waals surface area contributed by atoms with Gasteiger partial charge in [0.2, 0.25) is 0 Å². The highest BCUT2D eigenvalue weighted by Crippen LogP contribution is 2.36. The summed E-state index contributed by atoms with van der Waals surface area (Å²) in [6.45, 7) is 10.0. The number of nitrogens with zero attached hydrogens (tertiary/aromatic N) is 1. The summed E-state index contributed by atoms with van der Waals surface area (Å²) >= 11 is 0. The third-order valence-corrected chi connectivity index (χ3v) is 3.67. The minimum Gasteiger partial charge on any atom is -0.507 e. The zero-order valence-corrected chi connectivity index (χ0v) is 12.9. The molecule has 110 valence electrons. The fraction of sp³-hybridized carbons (Fsp3) is 0.562. The number of hydrogen-bond donors (Lipinski definition) is 1. The van der Waals surface area contributed by atoms with E-state index in [1.807, 2.05) is 46.8 Å². The maximum Gasteiger partial charge on any atom is 0.410 e. The van der Waals surface area contributed by atoms with Crippen LogP contribution in [0.25, 0.3) is 0 Å². The summed E-state index contributed by atoms with van der Waals surface area (Å²) in [4.78, 5) is 14.0. The van der Waals surface area contributed by atoms with Crippen molar-refractivity contribution in [1.82, 2.24) is 4.90 Å². The van der Waals surface area contributed by atoms with Crippen molar-refractivity contribution in [2.75, 3.05) is 6.54 Å². The summed E-state index contributed by atoms with van der Waals surface area (Å²) in [7, 11) is 0. The van der Waals surface area contributed by atoms with Crippen LogP contribution in [0, 0.1) is 6.92 Å². The van der Waals surface area contributed by atoms with E-state index in [2.05, 4.69) is 0 Å². The molecule has 1 aliphatic heterocycles. The van der Waals surface area contributed by atoms with Crippen LogP contribution in [0.1, 0.15) is 50.4 Å². The van der Waals surface area contributed by atoms with Crippen LogP contribution in [-0.4, -0.2) is 28.2 Å². The summed E-state index contributed by atoms with van der Waals surface area (Å²) in [5, 5.41) is 10.1. The number of benzene rings is 1. The molecular formula is C16H23NO3. The Morgan fingerprint density at radius 2 is 2.05 bits per heavy atom. The van der Waals surface area contributed by atoms with Gasteiger partial charge in [-0.2, -0.15) is 0 Å². The minimum atomic E-state index is -0.494. The molecular weight excluding hydrogens is 254 g/mol. The Morgan fingerprint density at radius 3 is 2.65 bits per heavy atom. The molecule has 1 aromatic carbocycles. The Kier molecular flexibility index (Phi) is 3.67. The summed E-state index contributed by atoms with van der Waals surface area (Å²) in [6.07, 6.45) is 0.364. The smallest absolute Gasteiger partial charge is 0.410 e. The molecule has 0 radical (unpaired) electrons. The van der Waals surface area contributed by atoms with E-state index >= 15 is 0 Å². The minimum absolute atomic E-state index is 0.0832. The molecule has 1 amide bonds. The molecule has 1 aromatic rings. The fourth-order valence-electron chi connectivity index (χ4n) is 2.59. The standard InChI is InChI=1S/C16H23NO3/c1-10-6-7-12-11(2)17(9-8-13(12)14(10)18)15(19)20-16(3,4)5/h6-7,11,18H,8-9H2,1-5H3. The summed E-state index contributed by atoms with van der Waals surface area (Å²) < 4.78 is 5.44. The van der Waals surface area contributed by atoms with Gasteiger partial charge >= 0.3 is 6.09 Å². The lowest BCUT2D eigenvalue weighted by Crippen LogP contribution is -2.42. The molecule has 1 unspecified atom stereocenters. The van der Waals surface area contributed by atoms with Crippen LogP contribution >= 0.6 is 0 Å². The quantitative estimate of drug-likeness (QED) is 0.789. The number of hydrogen-bond acceptors (Lipinski definition) is 3. The Hall–Kier alpha value is -1.71. The van der Waals surface area contributed by atoms with Gasteiger partial charge in [-0.05, 0) is 52.2 Å². The van der Waals surface area contributed by atoms with E-state index in [0.717, 1.165) is 16.7 Å². The molecule has 1 aliphatic rings. The van der Waals surface area contributed by atoms with E-state index in [4.69, 9.17) is 4.74 Å². The SMILES string of the molecule is Cc1ccc2c(c1O)CCN(C(=O)OC(C)(C)C)C2C. The molecule has 4 heteroatoms. The van der Waals surface area contributed by atoms with Crippen molar-refractivity contribution in [3.63, 3.8) is 0 Å². The number of ether oxygens (including phenoxy) is 1. The van der Waals surface area contributed by atoms with E-state index in [9.17, 15) is 9.90 Å². The van der Waals surface area contributed by atoms with E-state index in [-0.39, 0.29) is 12.1 Å². The molecule has 1 heterocycles. The van der Waals surface area contributed by atoms with Crippen LogP contribution in [0.2, 0.25) is 0 Å². The number of fused-ring (bicyclic) bond motifs is 1. The van der Waals surface area contributed by atoms with Gasteiger partial charge < -0.3 is 14.7 Å². The first kappa shape index (κ1) is 14.7. The number of aryl methyl sites for hydroxylation is 1. The molecule has 1 atom stereocenters. The first-order valence-electron chi connectivity index (χ1n) is 7.01. The predicted molar refractivity (Wildman–Crippen MR) is 77.9 cm³/mol. The van der Waals surface area contributed by atoms with Crippen LogP contribution in [0.3, 0.4) is 0 Å². The number of aromatic hydroxyl groups is 1. The zero-order valence-electron chi connectivity index (χ0n) is 12.9. The van der Waals surface area contributed by atoms with E-state index < -0.39 is 5.60 Å². The van der Waals surface area contributed by atoms with Crippen LogP contribution in [0.15, 0.2) is 12.1 Å². The average Bonchev–Trinajstić information content (AvgIpc) is 2.32. The topological polar surface area (TPSA) is 49.8 Å². The summed E-state index contributed by atoms with van der Waals surface area (Å²) in [6, 6.07) is 3.80. The Morgan fingerprint density at radius 1 is 1.40 bits per heavy atom. The molecule has 20 heavy (non-hydrogen) atoms. The first-order chi connectivity index (χ1) is 9.20. The Balaban J connectivity index is 2.26. The fourth-order valence-corrected chi connectivity index (χ4v) is 2.59. The highest BCUT2D eigenvalue weighted by atomic mass is 16.6. The average molecular weight is 277 g/mol. The second-order valence-electron chi connectivity index (χ2n) is 6.40. The molecule has 0 spiro atoms. The van der Waals surface area contributed by atoms with Gasteiger partial charge in [0, 0.05) is 12.1 Å². The van der Waals surface area contributed by atoms with Crippen LogP contribution < -0.4 is 0 Å². The lowest BCUT2D eigenvalue weighted by atomic mass is 9.91. The molecule has 0 fully saturated rings. The lowest BCUT2D eigenvalue weighted by molar-refractivity contribution is 0.0158. The molecule has 4 nitrogen and oxygen atoms in total. The third-order valence-electron chi connectivity index (χ3n) is 3.67. The normalized spacial score (nSPS) is 18.6. The van der Waals surface area contributed by atoms with Gasteiger partial charge in [-0.3, -0.25) is 0 Å². The molecule has 1 N–H and O–H groups in total. The largest absolute Gasteiger partial charge is 0.507 e. The van der Waals surface area contributed by atoms with Crippen molar-refractivity contribution in [1.29, 1.82) is 0 Å². The van der Waals surface area contributed by atoms with Crippen molar-refractivity contribution in [2.24, 2.45) is 0 Å². The third kappa shape index (κ3) is 2.74. The van der Waals surface area contributed by atoms with E-state index in [1.165, 1.54) is 0 Å². The van der Waals surface area contributed by atoms with Crippen molar-refractivity contribution in [3.05, 3.63) is 28.8 Å². The lowest BCUT2D eigenvalue weighted by Gasteiger charge is -2.36. The number of phenols is 1. The highest BCUT2D eigenvalue weighted by Gasteiger charge is 2.32. The Bertz CT molecular complexity index is 531. The van der Waals surface area contributed by atoms with Gasteiger partial charge in [0.05, 0.1) is 6.04 Å². The van der Waals surface area contributed by atoms with E-state index in [0.29, 0.717) is 18.7 Å². The second-order valence-corrected chi connectivity index (χ2v) is 6.40.